The Hall–Kier alpha value is -1.31. The number of nitriles is 1. The summed E-state index contributed by atoms with van der Waals surface area (Å²) in [6.07, 6.45) is 0.870. The van der Waals surface area contributed by atoms with E-state index in [4.69, 9.17) is 10.00 Å². The minimum Gasteiger partial charge on any atom is -0.492 e. The molecule has 0 saturated carbocycles. The molecule has 0 atom stereocenters. The average Bonchev–Trinajstić information content (AvgIpc) is 2.82. The Balaban J connectivity index is 1.99. The molecule has 86 valence electrons. The van der Waals surface area contributed by atoms with Crippen LogP contribution >= 0.6 is 27.3 Å². The van der Waals surface area contributed by atoms with Gasteiger partial charge in [-0.1, -0.05) is 22.0 Å². The average molecular weight is 308 g/mol. The molecular formula is C13H10BrNOS. The van der Waals surface area contributed by atoms with Crippen LogP contribution in [-0.2, 0) is 6.42 Å². The fourth-order valence-corrected chi connectivity index (χ4v) is 2.45. The van der Waals surface area contributed by atoms with Crippen molar-refractivity contribution in [2.45, 2.75) is 6.42 Å². The van der Waals surface area contributed by atoms with Crippen LogP contribution in [0.15, 0.2) is 40.2 Å². The molecule has 2 rings (SSSR count). The van der Waals surface area contributed by atoms with Gasteiger partial charge in [0, 0.05) is 15.8 Å². The van der Waals surface area contributed by atoms with Crippen molar-refractivity contribution < 1.29 is 4.74 Å². The first-order valence-corrected chi connectivity index (χ1v) is 6.81. The van der Waals surface area contributed by atoms with Crippen LogP contribution in [0, 0.1) is 11.3 Å². The maximum atomic E-state index is 8.95. The molecule has 4 heteroatoms. The molecule has 0 aliphatic carbocycles. The maximum Gasteiger partial charge on any atom is 0.138 e. The van der Waals surface area contributed by atoms with E-state index in [9.17, 15) is 0 Å². The summed E-state index contributed by atoms with van der Waals surface area (Å²) in [7, 11) is 0. The normalized spacial score (nSPS) is 9.88. The van der Waals surface area contributed by atoms with Crippen LogP contribution < -0.4 is 4.74 Å². The molecule has 0 bridgehead atoms. The molecular weight excluding hydrogens is 298 g/mol. The van der Waals surface area contributed by atoms with Crippen LogP contribution in [0.2, 0.25) is 0 Å². The zero-order valence-corrected chi connectivity index (χ0v) is 11.4. The lowest BCUT2D eigenvalue weighted by Crippen LogP contribution is -2.01. The Bertz CT molecular complexity index is 531. The number of rotatable bonds is 4. The van der Waals surface area contributed by atoms with Crippen molar-refractivity contribution in [1.29, 1.82) is 5.26 Å². The second-order valence-electron chi connectivity index (χ2n) is 3.43. The Kier molecular flexibility index (Phi) is 4.18. The minimum atomic E-state index is 0.569. The fraction of sp³-hybridized carbons (Fsp3) is 0.154. The Morgan fingerprint density at radius 3 is 2.94 bits per heavy atom. The molecule has 0 saturated heterocycles. The van der Waals surface area contributed by atoms with Crippen molar-refractivity contribution >= 4 is 27.3 Å². The summed E-state index contributed by atoms with van der Waals surface area (Å²) in [5.74, 6) is 0.637. The molecule has 2 nitrogen and oxygen atoms in total. The smallest absolute Gasteiger partial charge is 0.138 e. The van der Waals surface area contributed by atoms with Crippen LogP contribution in [0.25, 0.3) is 0 Å². The number of ether oxygens (including phenoxy) is 1. The quantitative estimate of drug-likeness (QED) is 0.855. The van der Waals surface area contributed by atoms with E-state index < -0.39 is 0 Å². The van der Waals surface area contributed by atoms with Gasteiger partial charge in [0.25, 0.3) is 0 Å². The largest absolute Gasteiger partial charge is 0.492 e. The van der Waals surface area contributed by atoms with Crippen LogP contribution in [0.4, 0.5) is 0 Å². The first kappa shape index (κ1) is 12.2. The summed E-state index contributed by atoms with van der Waals surface area (Å²) in [6.45, 7) is 0.589. The first-order valence-electron chi connectivity index (χ1n) is 5.14. The van der Waals surface area contributed by atoms with Gasteiger partial charge in [0.15, 0.2) is 0 Å². The second-order valence-corrected chi connectivity index (χ2v) is 5.38. The highest BCUT2D eigenvalue weighted by Gasteiger charge is 2.04. The van der Waals surface area contributed by atoms with E-state index in [0.717, 1.165) is 10.9 Å². The lowest BCUT2D eigenvalue weighted by molar-refractivity contribution is 0.322. The van der Waals surface area contributed by atoms with Crippen molar-refractivity contribution in [2.75, 3.05) is 6.61 Å². The van der Waals surface area contributed by atoms with E-state index in [1.807, 2.05) is 18.2 Å². The van der Waals surface area contributed by atoms with Gasteiger partial charge >= 0.3 is 0 Å². The van der Waals surface area contributed by atoms with E-state index in [1.54, 1.807) is 17.4 Å². The van der Waals surface area contributed by atoms with Crippen molar-refractivity contribution in [1.82, 2.24) is 0 Å². The molecule has 1 aromatic heterocycles. The molecule has 0 aliphatic rings. The molecule has 1 heterocycles. The van der Waals surface area contributed by atoms with Gasteiger partial charge in [-0.3, -0.25) is 0 Å². The van der Waals surface area contributed by atoms with Crippen molar-refractivity contribution in [3.05, 3.63) is 50.6 Å². The summed E-state index contributed by atoms with van der Waals surface area (Å²) < 4.78 is 6.56. The van der Waals surface area contributed by atoms with Gasteiger partial charge in [-0.15, -0.1) is 11.3 Å². The molecule has 17 heavy (non-hydrogen) atoms. The molecule has 1 aromatic carbocycles. The zero-order valence-electron chi connectivity index (χ0n) is 9.02. The van der Waals surface area contributed by atoms with E-state index in [1.165, 1.54) is 4.88 Å². The van der Waals surface area contributed by atoms with Crippen LogP contribution in [0.5, 0.6) is 5.75 Å². The SMILES string of the molecule is N#Cc1ccc(Br)cc1OCCc1cccs1. The van der Waals surface area contributed by atoms with Crippen LogP contribution in [0.1, 0.15) is 10.4 Å². The highest BCUT2D eigenvalue weighted by molar-refractivity contribution is 9.10. The molecule has 0 radical (unpaired) electrons. The number of halogens is 1. The van der Waals surface area contributed by atoms with Gasteiger partial charge in [0.1, 0.15) is 11.8 Å². The third-order valence-electron chi connectivity index (χ3n) is 2.25. The lowest BCUT2D eigenvalue weighted by Gasteiger charge is -2.07. The van der Waals surface area contributed by atoms with E-state index in [-0.39, 0.29) is 0 Å². The summed E-state index contributed by atoms with van der Waals surface area (Å²) in [4.78, 5) is 1.29. The van der Waals surface area contributed by atoms with Crippen molar-refractivity contribution in [3.8, 4) is 11.8 Å². The Morgan fingerprint density at radius 1 is 1.35 bits per heavy atom. The lowest BCUT2D eigenvalue weighted by atomic mass is 10.2. The first-order chi connectivity index (χ1) is 8.29. The van der Waals surface area contributed by atoms with Crippen molar-refractivity contribution in [3.63, 3.8) is 0 Å². The van der Waals surface area contributed by atoms with Gasteiger partial charge in [0.05, 0.1) is 12.2 Å². The zero-order chi connectivity index (χ0) is 12.1. The Labute approximate surface area is 113 Å². The Morgan fingerprint density at radius 2 is 2.24 bits per heavy atom. The van der Waals surface area contributed by atoms with Gasteiger partial charge in [-0.25, -0.2) is 0 Å². The summed E-state index contributed by atoms with van der Waals surface area (Å²) in [6, 6.07) is 11.7. The maximum absolute atomic E-state index is 8.95. The summed E-state index contributed by atoms with van der Waals surface area (Å²) >= 11 is 5.09. The molecule has 0 unspecified atom stereocenters. The second kappa shape index (κ2) is 5.85. The topological polar surface area (TPSA) is 33.0 Å². The molecule has 0 aliphatic heterocycles. The highest BCUT2D eigenvalue weighted by Crippen LogP contribution is 2.23. The van der Waals surface area contributed by atoms with Crippen LogP contribution in [0.3, 0.4) is 0 Å². The number of nitrogens with zero attached hydrogens (tertiary/aromatic N) is 1. The van der Waals surface area contributed by atoms with Gasteiger partial charge in [-0.05, 0) is 29.6 Å². The standard InChI is InChI=1S/C13H10BrNOS/c14-11-4-3-10(9-15)13(8-11)16-6-5-12-2-1-7-17-12/h1-4,7-8H,5-6H2. The molecule has 0 fully saturated rings. The van der Waals surface area contributed by atoms with Crippen LogP contribution in [-0.4, -0.2) is 6.61 Å². The van der Waals surface area contributed by atoms with E-state index in [0.29, 0.717) is 17.9 Å². The monoisotopic (exact) mass is 307 g/mol. The number of benzene rings is 1. The molecule has 2 aromatic rings. The van der Waals surface area contributed by atoms with Gasteiger partial charge < -0.3 is 4.74 Å². The van der Waals surface area contributed by atoms with Gasteiger partial charge in [-0.2, -0.15) is 5.26 Å². The predicted octanol–water partition coefficient (Wildman–Crippen LogP) is 4.00. The highest BCUT2D eigenvalue weighted by atomic mass is 79.9. The number of thiophene rings is 1. The van der Waals surface area contributed by atoms with Gasteiger partial charge in [0.2, 0.25) is 0 Å². The fourth-order valence-electron chi connectivity index (χ4n) is 1.42. The third-order valence-corrected chi connectivity index (χ3v) is 3.68. The van der Waals surface area contributed by atoms with Crippen molar-refractivity contribution in [2.24, 2.45) is 0 Å². The van der Waals surface area contributed by atoms with E-state index >= 15 is 0 Å². The molecule has 0 spiro atoms. The predicted molar refractivity (Wildman–Crippen MR) is 72.4 cm³/mol. The number of hydrogen-bond donors (Lipinski definition) is 0. The summed E-state index contributed by atoms with van der Waals surface area (Å²) in [5.41, 5.74) is 0.569. The van der Waals surface area contributed by atoms with E-state index in [2.05, 4.69) is 33.4 Å². The number of hydrogen-bond acceptors (Lipinski definition) is 3. The third kappa shape index (κ3) is 3.32. The molecule has 0 N–H and O–H groups in total. The summed E-state index contributed by atoms with van der Waals surface area (Å²) in [5, 5.41) is 11.0. The minimum absolute atomic E-state index is 0.569. The molecule has 0 amide bonds.